The molecule has 2 aromatic carbocycles. The lowest BCUT2D eigenvalue weighted by molar-refractivity contribution is -0.148. The molecule has 0 aliphatic carbocycles. The van der Waals surface area contributed by atoms with Crippen LogP contribution in [0.4, 0.5) is 0 Å². The Morgan fingerprint density at radius 1 is 1.20 bits per heavy atom. The Hall–Kier alpha value is -2.29. The normalized spacial score (nSPS) is 28.3. The number of nitriles is 1. The molecule has 4 nitrogen and oxygen atoms in total. The number of benzene rings is 2. The van der Waals surface area contributed by atoms with Crippen molar-refractivity contribution in [2.24, 2.45) is 5.92 Å². The first-order valence-corrected chi connectivity index (χ1v) is 9.11. The van der Waals surface area contributed by atoms with Crippen molar-refractivity contribution in [3.8, 4) is 6.07 Å². The summed E-state index contributed by atoms with van der Waals surface area (Å²) in [6.07, 6.45) is 0. The van der Waals surface area contributed by atoms with E-state index < -0.39 is 22.7 Å². The molecule has 5 heteroatoms. The van der Waals surface area contributed by atoms with Crippen molar-refractivity contribution in [1.82, 2.24) is 0 Å². The topological polar surface area (TPSA) is 70.3 Å². The molecule has 3 rings (SSSR count). The fourth-order valence-electron chi connectivity index (χ4n) is 3.29. The van der Waals surface area contributed by atoms with Gasteiger partial charge in [-0.05, 0) is 18.1 Å². The second-order valence-electron chi connectivity index (χ2n) is 5.90. The van der Waals surface area contributed by atoms with Crippen LogP contribution >= 0.6 is 11.8 Å². The van der Waals surface area contributed by atoms with Crippen molar-refractivity contribution < 1.29 is 14.6 Å². The van der Waals surface area contributed by atoms with E-state index in [0.29, 0.717) is 5.56 Å². The minimum Gasteiger partial charge on any atom is -0.465 e. The number of rotatable bonds is 4. The summed E-state index contributed by atoms with van der Waals surface area (Å²) in [5, 5.41) is 20.2. The fraction of sp³-hybridized carbons (Fsp3) is 0.300. The zero-order valence-corrected chi connectivity index (χ0v) is 14.6. The first-order chi connectivity index (χ1) is 12.1. The molecule has 1 aliphatic rings. The number of carbonyl (C=O) groups is 1. The quantitative estimate of drug-likeness (QED) is 0.853. The molecule has 0 amide bonds. The standard InChI is InChI=1S/C20H19NO3S/c1-2-24-19(22)18-20(23,15-11-7-4-8-12-15)16(13-21)17(25-18)14-9-5-3-6-10-14/h3-12,16-18,23H,2H2,1H3/t16-,17-,18+,20+/m1/s1. The van der Waals surface area contributed by atoms with E-state index in [-0.39, 0.29) is 11.9 Å². The van der Waals surface area contributed by atoms with E-state index >= 15 is 0 Å². The molecule has 1 aliphatic heterocycles. The van der Waals surface area contributed by atoms with Crippen LogP contribution in [0, 0.1) is 17.2 Å². The number of thioether (sulfide) groups is 1. The predicted octanol–water partition coefficient (Wildman–Crippen LogP) is 3.43. The molecular weight excluding hydrogens is 334 g/mol. The van der Waals surface area contributed by atoms with Gasteiger partial charge in [-0.2, -0.15) is 5.26 Å². The van der Waals surface area contributed by atoms with Crippen LogP contribution in [0.3, 0.4) is 0 Å². The van der Waals surface area contributed by atoms with Crippen molar-refractivity contribution in [3.05, 3.63) is 71.8 Å². The van der Waals surface area contributed by atoms with Crippen LogP contribution in [-0.4, -0.2) is 22.9 Å². The van der Waals surface area contributed by atoms with Crippen LogP contribution < -0.4 is 0 Å². The summed E-state index contributed by atoms with van der Waals surface area (Å²) < 4.78 is 5.19. The maximum Gasteiger partial charge on any atom is 0.322 e. The van der Waals surface area contributed by atoms with Gasteiger partial charge in [0.15, 0.2) is 0 Å². The molecule has 0 unspecified atom stereocenters. The molecule has 4 atom stereocenters. The van der Waals surface area contributed by atoms with Crippen LogP contribution in [0.5, 0.6) is 0 Å². The van der Waals surface area contributed by atoms with Crippen LogP contribution in [-0.2, 0) is 15.1 Å². The summed E-state index contributed by atoms with van der Waals surface area (Å²) in [4.78, 5) is 12.6. The third-order valence-corrected chi connectivity index (χ3v) is 6.12. The third kappa shape index (κ3) is 3.04. The predicted molar refractivity (Wildman–Crippen MR) is 96.6 cm³/mol. The minimum absolute atomic E-state index is 0.230. The number of hydrogen-bond acceptors (Lipinski definition) is 5. The van der Waals surface area contributed by atoms with E-state index in [0.717, 1.165) is 5.56 Å². The van der Waals surface area contributed by atoms with Crippen molar-refractivity contribution in [3.63, 3.8) is 0 Å². The van der Waals surface area contributed by atoms with E-state index in [2.05, 4.69) is 6.07 Å². The lowest BCUT2D eigenvalue weighted by atomic mass is 9.76. The molecular formula is C20H19NO3S. The van der Waals surface area contributed by atoms with Gasteiger partial charge in [0.05, 0.1) is 18.6 Å². The maximum atomic E-state index is 12.6. The van der Waals surface area contributed by atoms with Gasteiger partial charge in [0.25, 0.3) is 0 Å². The Kier molecular flexibility index (Phi) is 5.12. The lowest BCUT2D eigenvalue weighted by Crippen LogP contribution is -2.44. The number of aliphatic hydroxyl groups is 1. The molecule has 1 N–H and O–H groups in total. The van der Waals surface area contributed by atoms with E-state index in [4.69, 9.17) is 4.74 Å². The van der Waals surface area contributed by atoms with Gasteiger partial charge in [-0.1, -0.05) is 60.7 Å². The molecule has 128 valence electrons. The van der Waals surface area contributed by atoms with Gasteiger partial charge in [0.1, 0.15) is 10.9 Å². The van der Waals surface area contributed by atoms with Crippen molar-refractivity contribution in [2.45, 2.75) is 23.0 Å². The Bertz CT molecular complexity index is 775. The number of nitrogens with zero attached hydrogens (tertiary/aromatic N) is 1. The first kappa shape index (κ1) is 17.5. The van der Waals surface area contributed by atoms with Crippen molar-refractivity contribution >= 4 is 17.7 Å². The number of carbonyl (C=O) groups excluding carboxylic acids is 1. The Labute approximate surface area is 151 Å². The summed E-state index contributed by atoms with van der Waals surface area (Å²) in [5.41, 5.74) is -0.126. The third-order valence-electron chi connectivity index (χ3n) is 4.46. The number of esters is 1. The zero-order chi connectivity index (χ0) is 17.9. The van der Waals surface area contributed by atoms with Crippen molar-refractivity contribution in [1.29, 1.82) is 5.26 Å². The van der Waals surface area contributed by atoms with Gasteiger partial charge in [-0.15, -0.1) is 11.8 Å². The zero-order valence-electron chi connectivity index (χ0n) is 13.8. The summed E-state index contributed by atoms with van der Waals surface area (Å²) in [7, 11) is 0. The smallest absolute Gasteiger partial charge is 0.322 e. The lowest BCUT2D eigenvalue weighted by Gasteiger charge is -2.31. The molecule has 0 aromatic heterocycles. The molecule has 0 radical (unpaired) electrons. The summed E-state index contributed by atoms with van der Waals surface area (Å²) in [6, 6.07) is 20.7. The monoisotopic (exact) mass is 353 g/mol. The number of hydrogen-bond donors (Lipinski definition) is 1. The van der Waals surface area contributed by atoms with Crippen LogP contribution in [0.15, 0.2) is 60.7 Å². The second-order valence-corrected chi connectivity index (χ2v) is 7.15. The molecule has 1 saturated heterocycles. The first-order valence-electron chi connectivity index (χ1n) is 8.17. The summed E-state index contributed by atoms with van der Waals surface area (Å²) in [5.74, 6) is -1.26. The highest BCUT2D eigenvalue weighted by Gasteiger charge is 2.60. The van der Waals surface area contributed by atoms with Crippen LogP contribution in [0.2, 0.25) is 0 Å². The van der Waals surface area contributed by atoms with Crippen LogP contribution in [0.25, 0.3) is 0 Å². The van der Waals surface area contributed by atoms with E-state index in [1.54, 1.807) is 31.2 Å². The van der Waals surface area contributed by atoms with E-state index in [9.17, 15) is 15.2 Å². The Morgan fingerprint density at radius 2 is 1.80 bits per heavy atom. The van der Waals surface area contributed by atoms with Crippen molar-refractivity contribution in [2.75, 3.05) is 6.61 Å². The molecule has 2 aromatic rings. The molecule has 1 fully saturated rings. The van der Waals surface area contributed by atoms with Gasteiger partial charge in [-0.25, -0.2) is 0 Å². The SMILES string of the molecule is CCOC(=O)[C@@H]1S[C@H](c2ccccc2)[C@@H](C#N)[C@@]1(O)c1ccccc1. The maximum absolute atomic E-state index is 12.6. The highest BCUT2D eigenvalue weighted by atomic mass is 32.2. The molecule has 0 bridgehead atoms. The molecule has 0 spiro atoms. The molecule has 1 heterocycles. The van der Waals surface area contributed by atoms with E-state index in [1.165, 1.54) is 11.8 Å². The summed E-state index contributed by atoms with van der Waals surface area (Å²) in [6.45, 7) is 1.96. The van der Waals surface area contributed by atoms with Gasteiger partial charge in [-0.3, -0.25) is 4.79 Å². The fourth-order valence-corrected chi connectivity index (χ4v) is 4.99. The largest absolute Gasteiger partial charge is 0.465 e. The van der Waals surface area contributed by atoms with Gasteiger partial charge in [0.2, 0.25) is 0 Å². The second kappa shape index (κ2) is 7.30. The highest BCUT2D eigenvalue weighted by molar-refractivity contribution is 8.01. The van der Waals surface area contributed by atoms with E-state index in [1.807, 2.05) is 36.4 Å². The number of ether oxygens (including phenoxy) is 1. The molecule has 0 saturated carbocycles. The minimum atomic E-state index is -1.60. The Balaban J connectivity index is 2.10. The Morgan fingerprint density at radius 3 is 2.36 bits per heavy atom. The average molecular weight is 353 g/mol. The highest BCUT2D eigenvalue weighted by Crippen LogP contribution is 2.58. The molecule has 25 heavy (non-hydrogen) atoms. The van der Waals surface area contributed by atoms with Gasteiger partial charge >= 0.3 is 5.97 Å². The summed E-state index contributed by atoms with van der Waals surface area (Å²) >= 11 is 1.30. The van der Waals surface area contributed by atoms with Crippen LogP contribution in [0.1, 0.15) is 23.3 Å². The van der Waals surface area contributed by atoms with Gasteiger partial charge in [0, 0.05) is 5.25 Å². The van der Waals surface area contributed by atoms with Gasteiger partial charge < -0.3 is 9.84 Å². The average Bonchev–Trinajstić information content (AvgIpc) is 2.97.